The van der Waals surface area contributed by atoms with Gasteiger partial charge in [0.2, 0.25) is 5.78 Å². The average Bonchev–Trinajstić information content (AvgIpc) is 2.78. The van der Waals surface area contributed by atoms with Crippen molar-refractivity contribution < 1.29 is 14.3 Å². The number of hydrogen-bond donors (Lipinski definition) is 1. The molecular formula is C16H19N3O3. The monoisotopic (exact) mass is 301 g/mol. The van der Waals surface area contributed by atoms with E-state index in [1.165, 1.54) is 0 Å². The van der Waals surface area contributed by atoms with Gasteiger partial charge in [0.15, 0.2) is 0 Å². The van der Waals surface area contributed by atoms with E-state index in [-0.39, 0.29) is 17.3 Å². The molecule has 2 aliphatic carbocycles. The van der Waals surface area contributed by atoms with Crippen LogP contribution in [0.3, 0.4) is 0 Å². The third kappa shape index (κ3) is 1.58. The SMILES string of the molecule is Cc1[nH]nc2c1[C@]13C[C@H]1CN(C(=O)OC(C)(C)C)C3=CC2=O. The van der Waals surface area contributed by atoms with E-state index in [9.17, 15) is 9.59 Å². The van der Waals surface area contributed by atoms with E-state index >= 15 is 0 Å². The highest BCUT2D eigenvalue weighted by Gasteiger charge is 2.68. The van der Waals surface area contributed by atoms with Crippen molar-refractivity contribution in [3.63, 3.8) is 0 Å². The van der Waals surface area contributed by atoms with Crippen molar-refractivity contribution in [3.05, 3.63) is 28.7 Å². The summed E-state index contributed by atoms with van der Waals surface area (Å²) < 4.78 is 5.48. The molecule has 22 heavy (non-hydrogen) atoms. The zero-order valence-electron chi connectivity index (χ0n) is 13.2. The number of fused-ring (bicyclic) bond motifs is 1. The zero-order valence-corrected chi connectivity index (χ0v) is 13.2. The fraction of sp³-hybridized carbons (Fsp3) is 0.562. The summed E-state index contributed by atoms with van der Waals surface area (Å²) in [6.45, 7) is 8.07. The maximum atomic E-state index is 12.4. The second-order valence-electron chi connectivity index (χ2n) is 7.43. The Bertz CT molecular complexity index is 740. The Kier molecular flexibility index (Phi) is 2.34. The number of aryl methyl sites for hydroxylation is 1. The molecule has 1 saturated heterocycles. The summed E-state index contributed by atoms with van der Waals surface area (Å²) in [6.07, 6.45) is 2.17. The molecule has 0 radical (unpaired) electrons. The third-order valence-electron chi connectivity index (χ3n) is 4.76. The molecule has 0 unspecified atom stereocenters. The summed E-state index contributed by atoms with van der Waals surface area (Å²) in [7, 11) is 0. The van der Waals surface area contributed by atoms with Crippen LogP contribution in [-0.2, 0) is 10.2 Å². The first kappa shape index (κ1) is 13.5. The van der Waals surface area contributed by atoms with Gasteiger partial charge in [-0.05, 0) is 40.0 Å². The van der Waals surface area contributed by atoms with Crippen molar-refractivity contribution in [1.29, 1.82) is 0 Å². The minimum atomic E-state index is -0.549. The number of aromatic amines is 1. The number of H-pyrrole nitrogens is 1. The van der Waals surface area contributed by atoms with Gasteiger partial charge in [-0.25, -0.2) is 4.79 Å². The number of ketones is 1. The fourth-order valence-electron chi connectivity index (χ4n) is 3.90. The van der Waals surface area contributed by atoms with Crippen molar-refractivity contribution in [2.45, 2.75) is 45.1 Å². The normalized spacial score (nSPS) is 28.7. The number of nitrogens with zero attached hydrogens (tertiary/aromatic N) is 2. The molecule has 1 saturated carbocycles. The van der Waals surface area contributed by atoms with Crippen molar-refractivity contribution in [2.24, 2.45) is 5.92 Å². The first-order valence-electron chi connectivity index (χ1n) is 7.56. The Morgan fingerprint density at radius 3 is 2.91 bits per heavy atom. The molecule has 1 amide bonds. The predicted octanol–water partition coefficient (Wildman–Crippen LogP) is 2.31. The summed E-state index contributed by atoms with van der Waals surface area (Å²) in [5.41, 5.74) is 2.43. The molecule has 2 heterocycles. The lowest BCUT2D eigenvalue weighted by Crippen LogP contribution is -2.37. The van der Waals surface area contributed by atoms with Crippen LogP contribution in [-0.4, -0.2) is 39.1 Å². The number of rotatable bonds is 0. The van der Waals surface area contributed by atoms with Crippen molar-refractivity contribution in [1.82, 2.24) is 15.1 Å². The quantitative estimate of drug-likeness (QED) is 0.798. The minimum absolute atomic E-state index is 0.138. The van der Waals surface area contributed by atoms with Crippen LogP contribution in [0.1, 0.15) is 48.9 Å². The highest BCUT2D eigenvalue weighted by molar-refractivity contribution is 6.08. The lowest BCUT2D eigenvalue weighted by molar-refractivity contribution is 0.0322. The second kappa shape index (κ2) is 3.80. The molecule has 1 aromatic rings. The van der Waals surface area contributed by atoms with E-state index in [1.807, 2.05) is 27.7 Å². The van der Waals surface area contributed by atoms with Crippen molar-refractivity contribution in [2.75, 3.05) is 6.54 Å². The Morgan fingerprint density at radius 1 is 1.50 bits per heavy atom. The smallest absolute Gasteiger partial charge is 0.414 e. The molecular weight excluding hydrogens is 282 g/mol. The van der Waals surface area contributed by atoms with Crippen LogP contribution in [0.4, 0.5) is 4.79 Å². The van der Waals surface area contributed by atoms with Gasteiger partial charge in [0.1, 0.15) is 11.3 Å². The van der Waals surface area contributed by atoms with Gasteiger partial charge in [0, 0.05) is 35.0 Å². The summed E-state index contributed by atoms with van der Waals surface area (Å²) in [5.74, 6) is 0.218. The van der Waals surface area contributed by atoms with Gasteiger partial charge in [-0.2, -0.15) is 5.10 Å². The van der Waals surface area contributed by atoms with Crippen LogP contribution in [0.15, 0.2) is 11.8 Å². The largest absolute Gasteiger partial charge is 0.443 e. The lowest BCUT2D eigenvalue weighted by Gasteiger charge is -2.30. The number of nitrogens with one attached hydrogen (secondary N) is 1. The zero-order chi connectivity index (χ0) is 15.9. The third-order valence-corrected chi connectivity index (χ3v) is 4.76. The van der Waals surface area contributed by atoms with Crippen LogP contribution in [0.2, 0.25) is 0 Å². The van der Waals surface area contributed by atoms with Crippen molar-refractivity contribution >= 4 is 11.9 Å². The van der Waals surface area contributed by atoms with Gasteiger partial charge in [-0.15, -0.1) is 0 Å². The van der Waals surface area contributed by atoms with Crippen molar-refractivity contribution in [3.8, 4) is 0 Å². The molecule has 3 aliphatic rings. The van der Waals surface area contributed by atoms with Crippen LogP contribution < -0.4 is 0 Å². The highest BCUT2D eigenvalue weighted by Crippen LogP contribution is 2.67. The number of hydrogen-bond acceptors (Lipinski definition) is 4. The number of ether oxygens (including phenoxy) is 1. The Labute approximate surface area is 128 Å². The maximum absolute atomic E-state index is 12.4. The van der Waals surface area contributed by atoms with Gasteiger partial charge < -0.3 is 4.74 Å². The predicted molar refractivity (Wildman–Crippen MR) is 78.5 cm³/mol. The number of carbonyl (C=O) groups is 2. The van der Waals surface area contributed by atoms with Gasteiger partial charge in [0.05, 0.1) is 0 Å². The standard InChI is InChI=1S/C16H19N3O3/c1-8-12-13(18-17-8)10(20)5-11-16(12)6-9(16)7-19(11)14(21)22-15(2,3)4/h5,9H,6-7H2,1-4H3,(H,17,18)/t9-,16+/m0/s1. The lowest BCUT2D eigenvalue weighted by atomic mass is 9.84. The molecule has 6 nitrogen and oxygen atoms in total. The first-order valence-corrected chi connectivity index (χ1v) is 7.56. The fourth-order valence-corrected chi connectivity index (χ4v) is 3.90. The van der Waals surface area contributed by atoms with Gasteiger partial charge in [-0.1, -0.05) is 0 Å². The van der Waals surface area contributed by atoms with Gasteiger partial charge >= 0.3 is 6.09 Å². The molecule has 0 bridgehead atoms. The van der Waals surface area contributed by atoms with E-state index in [0.717, 1.165) is 23.4 Å². The number of aromatic nitrogens is 2. The Balaban J connectivity index is 1.75. The molecule has 2 fully saturated rings. The summed E-state index contributed by atoms with van der Waals surface area (Å²) in [4.78, 5) is 26.4. The molecule has 1 aliphatic heterocycles. The molecule has 1 N–H and O–H groups in total. The molecule has 1 spiro atoms. The first-order chi connectivity index (χ1) is 10.2. The molecule has 0 aromatic carbocycles. The number of allylic oxidation sites excluding steroid dienone is 2. The van der Waals surface area contributed by atoms with Gasteiger partial charge in [0.25, 0.3) is 0 Å². The summed E-state index contributed by atoms with van der Waals surface area (Å²) >= 11 is 0. The van der Waals surface area contributed by atoms with E-state index in [1.54, 1.807) is 11.0 Å². The Morgan fingerprint density at radius 2 is 2.23 bits per heavy atom. The van der Waals surface area contributed by atoms with Crippen LogP contribution in [0.25, 0.3) is 0 Å². The minimum Gasteiger partial charge on any atom is -0.443 e. The van der Waals surface area contributed by atoms with E-state index < -0.39 is 5.60 Å². The number of piperidine rings is 1. The Hall–Kier alpha value is -2.11. The highest BCUT2D eigenvalue weighted by atomic mass is 16.6. The van der Waals surface area contributed by atoms with Crippen LogP contribution in [0, 0.1) is 12.8 Å². The summed E-state index contributed by atoms with van der Waals surface area (Å²) in [6, 6.07) is 0. The number of amides is 1. The topological polar surface area (TPSA) is 75.3 Å². The van der Waals surface area contributed by atoms with E-state index in [0.29, 0.717) is 18.2 Å². The molecule has 116 valence electrons. The maximum Gasteiger partial charge on any atom is 0.414 e. The number of likely N-dealkylation sites (tertiary alicyclic amines) is 1. The second-order valence-corrected chi connectivity index (χ2v) is 7.43. The molecule has 6 heteroatoms. The van der Waals surface area contributed by atoms with Crippen LogP contribution >= 0.6 is 0 Å². The molecule has 2 atom stereocenters. The van der Waals surface area contributed by atoms with Gasteiger partial charge in [-0.3, -0.25) is 14.8 Å². The molecule has 1 aromatic heterocycles. The molecule has 4 rings (SSSR count). The number of carbonyl (C=O) groups excluding carboxylic acids is 2. The summed E-state index contributed by atoms with van der Waals surface area (Å²) in [5, 5.41) is 7.06. The average molecular weight is 301 g/mol. The van der Waals surface area contributed by atoms with Crippen LogP contribution in [0.5, 0.6) is 0 Å². The van der Waals surface area contributed by atoms with E-state index in [2.05, 4.69) is 10.2 Å². The van der Waals surface area contributed by atoms with E-state index in [4.69, 9.17) is 4.74 Å².